The molecule has 21 heavy (non-hydrogen) atoms. The van der Waals surface area contributed by atoms with Crippen LogP contribution in [0.1, 0.15) is 31.9 Å². The molecule has 1 aromatic carbocycles. The number of nitrogens with one attached hydrogen (secondary N) is 2. The van der Waals surface area contributed by atoms with Crippen LogP contribution < -0.4 is 10.0 Å². The van der Waals surface area contributed by atoms with Crippen molar-refractivity contribution in [3.63, 3.8) is 0 Å². The van der Waals surface area contributed by atoms with Gasteiger partial charge in [0.2, 0.25) is 10.0 Å². The SMILES string of the molecule is CCNCc1cccc(S(=O)(=O)NC(C)COCC)c1C. The Morgan fingerprint density at radius 1 is 1.29 bits per heavy atom. The van der Waals surface area contributed by atoms with Crippen LogP contribution in [0.25, 0.3) is 0 Å². The van der Waals surface area contributed by atoms with Gasteiger partial charge in [-0.2, -0.15) is 0 Å². The van der Waals surface area contributed by atoms with E-state index in [0.717, 1.165) is 17.7 Å². The van der Waals surface area contributed by atoms with Gasteiger partial charge >= 0.3 is 0 Å². The fourth-order valence-corrected chi connectivity index (χ4v) is 3.58. The zero-order valence-electron chi connectivity index (χ0n) is 13.3. The molecular formula is C15H26N2O3S. The molecule has 0 heterocycles. The first-order chi connectivity index (χ1) is 9.92. The second kappa shape index (κ2) is 8.48. The lowest BCUT2D eigenvalue weighted by atomic mass is 10.1. The maximum Gasteiger partial charge on any atom is 0.241 e. The van der Waals surface area contributed by atoms with Gasteiger partial charge in [-0.1, -0.05) is 19.1 Å². The third-order valence-corrected chi connectivity index (χ3v) is 4.91. The third-order valence-electron chi connectivity index (χ3n) is 3.18. The number of ether oxygens (including phenoxy) is 1. The van der Waals surface area contributed by atoms with Gasteiger partial charge in [0.25, 0.3) is 0 Å². The van der Waals surface area contributed by atoms with Crippen molar-refractivity contribution in [1.29, 1.82) is 0 Å². The van der Waals surface area contributed by atoms with E-state index in [0.29, 0.717) is 24.7 Å². The van der Waals surface area contributed by atoms with Crippen molar-refractivity contribution in [3.8, 4) is 0 Å². The minimum atomic E-state index is -3.53. The Bertz CT molecular complexity index is 544. The molecule has 0 aliphatic carbocycles. The molecule has 0 radical (unpaired) electrons. The van der Waals surface area contributed by atoms with Crippen molar-refractivity contribution < 1.29 is 13.2 Å². The van der Waals surface area contributed by atoms with Crippen molar-refractivity contribution in [2.75, 3.05) is 19.8 Å². The summed E-state index contributed by atoms with van der Waals surface area (Å²) < 4.78 is 32.8. The highest BCUT2D eigenvalue weighted by Crippen LogP contribution is 2.19. The molecule has 0 aliphatic heterocycles. The van der Waals surface area contributed by atoms with Crippen LogP contribution in [0, 0.1) is 6.92 Å². The van der Waals surface area contributed by atoms with E-state index < -0.39 is 10.0 Å². The molecule has 0 aliphatic rings. The maximum atomic E-state index is 12.5. The molecule has 0 fully saturated rings. The smallest absolute Gasteiger partial charge is 0.241 e. The van der Waals surface area contributed by atoms with E-state index in [2.05, 4.69) is 10.0 Å². The molecule has 0 saturated heterocycles. The standard InChI is InChI=1S/C15H26N2O3S/c1-5-16-10-14-8-7-9-15(13(14)4)21(18,19)17-12(3)11-20-6-2/h7-9,12,16-17H,5-6,10-11H2,1-4H3. The zero-order chi connectivity index (χ0) is 15.9. The van der Waals surface area contributed by atoms with E-state index in [1.165, 1.54) is 0 Å². The van der Waals surface area contributed by atoms with Crippen molar-refractivity contribution >= 4 is 10.0 Å². The molecule has 120 valence electrons. The minimum Gasteiger partial charge on any atom is -0.380 e. The largest absolute Gasteiger partial charge is 0.380 e. The van der Waals surface area contributed by atoms with E-state index in [1.54, 1.807) is 19.1 Å². The Morgan fingerprint density at radius 3 is 2.62 bits per heavy atom. The Labute approximate surface area is 128 Å². The van der Waals surface area contributed by atoms with Gasteiger partial charge in [-0.15, -0.1) is 0 Å². The number of sulfonamides is 1. The second-order valence-electron chi connectivity index (χ2n) is 5.00. The highest BCUT2D eigenvalue weighted by molar-refractivity contribution is 7.89. The van der Waals surface area contributed by atoms with E-state index >= 15 is 0 Å². The van der Waals surface area contributed by atoms with Crippen LogP contribution >= 0.6 is 0 Å². The molecule has 0 aromatic heterocycles. The molecule has 1 unspecified atom stereocenters. The van der Waals surface area contributed by atoms with E-state index in [1.807, 2.05) is 26.8 Å². The first-order valence-electron chi connectivity index (χ1n) is 7.31. The fraction of sp³-hybridized carbons (Fsp3) is 0.600. The van der Waals surface area contributed by atoms with Crippen LogP contribution in [0.4, 0.5) is 0 Å². The summed E-state index contributed by atoms with van der Waals surface area (Å²) in [6.45, 7) is 10.00. The fourth-order valence-electron chi connectivity index (χ4n) is 2.06. The maximum absolute atomic E-state index is 12.5. The Hall–Kier alpha value is -0.950. The lowest BCUT2D eigenvalue weighted by Gasteiger charge is -2.17. The summed E-state index contributed by atoms with van der Waals surface area (Å²) in [6.07, 6.45) is 0. The molecule has 1 atom stereocenters. The van der Waals surface area contributed by atoms with Crippen LogP contribution in [0.3, 0.4) is 0 Å². The molecule has 6 heteroatoms. The molecule has 5 nitrogen and oxygen atoms in total. The summed E-state index contributed by atoms with van der Waals surface area (Å²) in [7, 11) is -3.53. The van der Waals surface area contributed by atoms with Gasteiger partial charge in [0.15, 0.2) is 0 Å². The molecule has 0 bridgehead atoms. The highest BCUT2D eigenvalue weighted by Gasteiger charge is 2.20. The van der Waals surface area contributed by atoms with Gasteiger partial charge in [0.1, 0.15) is 0 Å². The number of benzene rings is 1. The van der Waals surface area contributed by atoms with Crippen molar-refractivity contribution in [2.24, 2.45) is 0 Å². The number of hydrogen-bond acceptors (Lipinski definition) is 4. The van der Waals surface area contributed by atoms with Gasteiger partial charge in [-0.05, 0) is 44.5 Å². The van der Waals surface area contributed by atoms with Crippen LogP contribution in [-0.4, -0.2) is 34.2 Å². The molecule has 0 spiro atoms. The van der Waals surface area contributed by atoms with Gasteiger partial charge in [0.05, 0.1) is 11.5 Å². The van der Waals surface area contributed by atoms with Crippen LogP contribution in [0.5, 0.6) is 0 Å². The average molecular weight is 314 g/mol. The van der Waals surface area contributed by atoms with Gasteiger partial charge in [0, 0.05) is 19.2 Å². The first kappa shape index (κ1) is 18.1. The molecule has 0 amide bonds. The molecule has 1 aromatic rings. The number of hydrogen-bond donors (Lipinski definition) is 2. The Balaban J connectivity index is 2.92. The van der Waals surface area contributed by atoms with E-state index in [-0.39, 0.29) is 6.04 Å². The number of rotatable bonds is 9. The summed E-state index contributed by atoms with van der Waals surface area (Å²) in [5.74, 6) is 0. The zero-order valence-corrected chi connectivity index (χ0v) is 14.1. The summed E-state index contributed by atoms with van der Waals surface area (Å²) >= 11 is 0. The minimum absolute atomic E-state index is 0.258. The first-order valence-corrected chi connectivity index (χ1v) is 8.80. The normalized spacial score (nSPS) is 13.3. The van der Waals surface area contributed by atoms with Crippen molar-refractivity contribution in [2.45, 2.75) is 45.2 Å². The van der Waals surface area contributed by atoms with Crippen LogP contribution in [-0.2, 0) is 21.3 Å². The molecule has 0 saturated carbocycles. The Kier molecular flexibility index (Phi) is 7.31. The monoisotopic (exact) mass is 314 g/mol. The Morgan fingerprint density at radius 2 is 2.00 bits per heavy atom. The predicted octanol–water partition coefficient (Wildman–Crippen LogP) is 1.81. The van der Waals surface area contributed by atoms with E-state index in [9.17, 15) is 8.42 Å². The average Bonchev–Trinajstić information content (AvgIpc) is 2.43. The summed E-state index contributed by atoms with van der Waals surface area (Å²) in [6, 6.07) is 5.11. The molecular weight excluding hydrogens is 288 g/mol. The summed E-state index contributed by atoms with van der Waals surface area (Å²) in [4.78, 5) is 0.334. The second-order valence-corrected chi connectivity index (χ2v) is 6.68. The van der Waals surface area contributed by atoms with Crippen molar-refractivity contribution in [3.05, 3.63) is 29.3 Å². The topological polar surface area (TPSA) is 67.4 Å². The molecule has 2 N–H and O–H groups in total. The van der Waals surface area contributed by atoms with Gasteiger partial charge in [-0.25, -0.2) is 13.1 Å². The van der Waals surface area contributed by atoms with Gasteiger partial charge in [-0.3, -0.25) is 0 Å². The van der Waals surface area contributed by atoms with Crippen LogP contribution in [0.2, 0.25) is 0 Å². The lowest BCUT2D eigenvalue weighted by molar-refractivity contribution is 0.133. The third kappa shape index (κ3) is 5.39. The lowest BCUT2D eigenvalue weighted by Crippen LogP contribution is -2.36. The summed E-state index contributed by atoms with van der Waals surface area (Å²) in [5, 5.41) is 3.22. The van der Waals surface area contributed by atoms with Crippen molar-refractivity contribution in [1.82, 2.24) is 10.0 Å². The molecule has 1 rings (SSSR count). The van der Waals surface area contributed by atoms with Gasteiger partial charge < -0.3 is 10.1 Å². The predicted molar refractivity (Wildman–Crippen MR) is 84.8 cm³/mol. The highest BCUT2D eigenvalue weighted by atomic mass is 32.2. The quantitative estimate of drug-likeness (QED) is 0.729. The summed E-state index contributed by atoms with van der Waals surface area (Å²) in [5.41, 5.74) is 1.78. The van der Waals surface area contributed by atoms with E-state index in [4.69, 9.17) is 4.74 Å². The van der Waals surface area contributed by atoms with Crippen LogP contribution in [0.15, 0.2) is 23.1 Å².